The number of rotatable bonds is 5. The molecule has 30 heavy (non-hydrogen) atoms. The van der Waals surface area contributed by atoms with Crippen molar-refractivity contribution in [2.45, 2.75) is 6.92 Å². The van der Waals surface area contributed by atoms with Crippen LogP contribution in [0.2, 0.25) is 0 Å². The van der Waals surface area contributed by atoms with Gasteiger partial charge in [0.1, 0.15) is 5.82 Å². The summed E-state index contributed by atoms with van der Waals surface area (Å²) in [5.74, 6) is -0.448. The average molecular weight is 436 g/mol. The molecule has 1 aliphatic heterocycles. The third-order valence-electron chi connectivity index (χ3n) is 4.55. The highest BCUT2D eigenvalue weighted by Crippen LogP contribution is 2.38. The Morgan fingerprint density at radius 3 is 2.63 bits per heavy atom. The summed E-state index contributed by atoms with van der Waals surface area (Å²) in [7, 11) is 0. The van der Waals surface area contributed by atoms with Crippen molar-refractivity contribution in [1.82, 2.24) is 9.88 Å². The van der Waals surface area contributed by atoms with Crippen LogP contribution in [0.4, 0.5) is 9.52 Å². The summed E-state index contributed by atoms with van der Waals surface area (Å²) in [4.78, 5) is 24.4. The summed E-state index contributed by atoms with van der Waals surface area (Å²) in [5, 5.41) is 3.10. The second-order valence-corrected chi connectivity index (χ2v) is 8.36. The van der Waals surface area contributed by atoms with Crippen molar-refractivity contribution in [3.05, 3.63) is 88.9 Å². The molecule has 2 aromatic carbocycles. The van der Waals surface area contributed by atoms with Gasteiger partial charge in [-0.25, -0.2) is 9.37 Å². The minimum absolute atomic E-state index is 0.139. The molecule has 0 bridgehead atoms. The van der Waals surface area contributed by atoms with Crippen LogP contribution in [0, 0.1) is 5.82 Å². The van der Waals surface area contributed by atoms with Gasteiger partial charge in [0.15, 0.2) is 5.17 Å². The van der Waals surface area contributed by atoms with Gasteiger partial charge in [-0.1, -0.05) is 48.5 Å². The van der Waals surface area contributed by atoms with Crippen molar-refractivity contribution in [3.8, 4) is 11.3 Å². The van der Waals surface area contributed by atoms with E-state index in [0.717, 1.165) is 22.4 Å². The minimum atomic E-state index is -0.310. The first-order valence-electron chi connectivity index (χ1n) is 9.24. The number of hydrogen-bond acceptors (Lipinski definition) is 5. The van der Waals surface area contributed by atoms with Gasteiger partial charge in [0, 0.05) is 17.5 Å². The Balaban J connectivity index is 1.68. The Hall–Kier alpha value is -3.03. The first-order chi connectivity index (χ1) is 14.6. The van der Waals surface area contributed by atoms with Crippen LogP contribution in [0.1, 0.15) is 12.5 Å². The normalized spacial score (nSPS) is 16.9. The van der Waals surface area contributed by atoms with Gasteiger partial charge in [0.25, 0.3) is 5.91 Å². The van der Waals surface area contributed by atoms with Crippen LogP contribution in [-0.4, -0.2) is 27.5 Å². The molecule has 1 aliphatic rings. The Labute approximate surface area is 182 Å². The number of thiazole rings is 1. The fourth-order valence-corrected chi connectivity index (χ4v) is 4.78. The quantitative estimate of drug-likeness (QED) is 0.358. The third kappa shape index (κ3) is 4.13. The molecule has 0 saturated carbocycles. The zero-order valence-corrected chi connectivity index (χ0v) is 17.8. The van der Waals surface area contributed by atoms with Crippen LogP contribution in [-0.2, 0) is 4.79 Å². The van der Waals surface area contributed by atoms with Gasteiger partial charge < -0.3 is 0 Å². The minimum Gasteiger partial charge on any atom is -0.282 e. The Morgan fingerprint density at radius 2 is 1.93 bits per heavy atom. The molecule has 0 atom stereocenters. The molecule has 4 rings (SSSR count). The molecule has 0 spiro atoms. The number of nitrogens with zero attached hydrogens (tertiary/aromatic N) is 3. The Kier molecular flexibility index (Phi) is 5.92. The van der Waals surface area contributed by atoms with Gasteiger partial charge in [-0.3, -0.25) is 9.69 Å². The summed E-state index contributed by atoms with van der Waals surface area (Å²) in [6.45, 7) is 5.96. The lowest BCUT2D eigenvalue weighted by molar-refractivity contribution is -0.121. The first kappa shape index (κ1) is 20.3. The number of amides is 1. The van der Waals surface area contributed by atoms with Crippen LogP contribution >= 0.6 is 23.1 Å². The van der Waals surface area contributed by atoms with Gasteiger partial charge in [-0.2, -0.15) is 4.99 Å². The van der Waals surface area contributed by atoms with Gasteiger partial charge in [-0.05, 0) is 42.0 Å². The van der Waals surface area contributed by atoms with Gasteiger partial charge in [0.2, 0.25) is 5.13 Å². The molecule has 3 aromatic rings. The predicted octanol–water partition coefficient (Wildman–Crippen LogP) is 6.13. The number of carbonyl (C=O) groups excluding carboxylic acids is 1. The SMILES string of the molecule is C=CCN1C(=O)/C(=C(\C)c2ccc(F)cc2)S/C1=N/c1nc(-c2ccccc2)cs1. The molecular weight excluding hydrogens is 417 g/mol. The molecule has 0 aliphatic carbocycles. The van der Waals surface area contributed by atoms with Crippen molar-refractivity contribution in [3.63, 3.8) is 0 Å². The second kappa shape index (κ2) is 8.77. The number of carbonyl (C=O) groups is 1. The van der Waals surface area contributed by atoms with Crippen molar-refractivity contribution < 1.29 is 9.18 Å². The molecule has 0 radical (unpaired) electrons. The van der Waals surface area contributed by atoms with E-state index in [2.05, 4.69) is 16.6 Å². The second-order valence-electron chi connectivity index (χ2n) is 6.54. The smallest absolute Gasteiger partial charge is 0.267 e. The topological polar surface area (TPSA) is 45.6 Å². The molecule has 150 valence electrons. The maximum atomic E-state index is 13.3. The lowest BCUT2D eigenvalue weighted by Crippen LogP contribution is -2.29. The molecule has 0 unspecified atom stereocenters. The number of halogens is 1. The Bertz CT molecular complexity index is 1150. The van der Waals surface area contributed by atoms with E-state index in [1.54, 1.807) is 23.1 Å². The van der Waals surface area contributed by atoms with Crippen LogP contribution in [0.15, 0.2) is 82.5 Å². The number of hydrogen-bond donors (Lipinski definition) is 0. The molecule has 2 heterocycles. The van der Waals surface area contributed by atoms with E-state index >= 15 is 0 Å². The van der Waals surface area contributed by atoms with E-state index in [1.165, 1.54) is 35.2 Å². The molecular formula is C23H18FN3OS2. The lowest BCUT2D eigenvalue weighted by atomic mass is 10.1. The number of aromatic nitrogens is 1. The monoisotopic (exact) mass is 435 g/mol. The van der Waals surface area contributed by atoms with E-state index in [0.29, 0.717) is 21.7 Å². The first-order valence-corrected chi connectivity index (χ1v) is 10.9. The number of amidine groups is 1. The summed E-state index contributed by atoms with van der Waals surface area (Å²) in [5.41, 5.74) is 3.45. The largest absolute Gasteiger partial charge is 0.282 e. The lowest BCUT2D eigenvalue weighted by Gasteiger charge is -2.12. The molecule has 1 fully saturated rings. The highest BCUT2D eigenvalue weighted by Gasteiger charge is 2.34. The third-order valence-corrected chi connectivity index (χ3v) is 6.46. The van der Waals surface area contributed by atoms with Crippen molar-refractivity contribution in [2.75, 3.05) is 6.54 Å². The van der Waals surface area contributed by atoms with Crippen molar-refractivity contribution in [1.29, 1.82) is 0 Å². The van der Waals surface area contributed by atoms with E-state index in [1.807, 2.05) is 42.6 Å². The number of thioether (sulfide) groups is 1. The maximum absolute atomic E-state index is 13.3. The van der Waals surface area contributed by atoms with E-state index in [9.17, 15) is 9.18 Å². The molecule has 1 amide bonds. The fraction of sp³-hybridized carbons (Fsp3) is 0.0870. The average Bonchev–Trinajstić information content (AvgIpc) is 3.35. The highest BCUT2D eigenvalue weighted by atomic mass is 32.2. The van der Waals surface area contributed by atoms with E-state index in [4.69, 9.17) is 0 Å². The molecule has 1 aromatic heterocycles. The van der Waals surface area contributed by atoms with Gasteiger partial charge in [-0.15, -0.1) is 17.9 Å². The molecule has 0 N–H and O–H groups in total. The zero-order chi connectivity index (χ0) is 21.1. The number of allylic oxidation sites excluding steroid dienone is 1. The highest BCUT2D eigenvalue weighted by molar-refractivity contribution is 8.18. The van der Waals surface area contributed by atoms with Crippen LogP contribution < -0.4 is 0 Å². The van der Waals surface area contributed by atoms with Gasteiger partial charge >= 0.3 is 0 Å². The number of benzene rings is 2. The zero-order valence-electron chi connectivity index (χ0n) is 16.2. The summed E-state index contributed by atoms with van der Waals surface area (Å²) in [6, 6.07) is 16.0. The van der Waals surface area contributed by atoms with Crippen LogP contribution in [0.5, 0.6) is 0 Å². The fourth-order valence-electron chi connectivity index (χ4n) is 2.98. The molecule has 7 heteroatoms. The number of aliphatic imine (C=N–C) groups is 1. The summed E-state index contributed by atoms with van der Waals surface area (Å²) >= 11 is 2.73. The predicted molar refractivity (Wildman–Crippen MR) is 123 cm³/mol. The van der Waals surface area contributed by atoms with Gasteiger partial charge in [0.05, 0.1) is 10.6 Å². The van der Waals surface area contributed by atoms with Crippen molar-refractivity contribution in [2.24, 2.45) is 4.99 Å². The molecule has 4 nitrogen and oxygen atoms in total. The van der Waals surface area contributed by atoms with Crippen LogP contribution in [0.3, 0.4) is 0 Å². The van der Waals surface area contributed by atoms with E-state index < -0.39 is 0 Å². The van der Waals surface area contributed by atoms with Crippen molar-refractivity contribution >= 4 is 44.9 Å². The standard InChI is InChI=1S/C23H18FN3OS2/c1-3-13-27-21(28)20(15(2)16-9-11-18(24)12-10-16)30-23(27)26-22-25-19(14-29-22)17-7-5-4-6-8-17/h3-12,14H,1,13H2,2H3/b20-15-,26-23+. The summed E-state index contributed by atoms with van der Waals surface area (Å²) < 4.78 is 13.3. The van der Waals surface area contributed by atoms with E-state index in [-0.39, 0.29) is 11.7 Å². The summed E-state index contributed by atoms with van der Waals surface area (Å²) in [6.07, 6.45) is 1.67. The Morgan fingerprint density at radius 1 is 1.20 bits per heavy atom. The molecule has 1 saturated heterocycles. The van der Waals surface area contributed by atoms with Crippen LogP contribution in [0.25, 0.3) is 16.8 Å². The maximum Gasteiger partial charge on any atom is 0.267 e.